The molecule has 3 aromatic heterocycles. The lowest BCUT2D eigenvalue weighted by molar-refractivity contribution is 0.556. The molecule has 0 fully saturated rings. The van der Waals surface area contributed by atoms with Crippen molar-refractivity contribution in [3.63, 3.8) is 0 Å². The molecule has 0 atom stereocenters. The number of thiazole rings is 1. The Morgan fingerprint density at radius 3 is 2.86 bits per heavy atom. The zero-order valence-electron chi connectivity index (χ0n) is 10.9. The molecular weight excluding hydrogens is 368 g/mol. The number of hydrogen-bond acceptors (Lipinski definition) is 5. The van der Waals surface area contributed by atoms with E-state index in [0.717, 1.165) is 8.87 Å². The van der Waals surface area contributed by atoms with Crippen LogP contribution >= 0.6 is 27.3 Å². The minimum Gasteiger partial charge on any atom is -0.465 e. The lowest BCUT2D eigenvalue weighted by Crippen LogP contribution is -2.31. The van der Waals surface area contributed by atoms with Crippen LogP contribution in [0.15, 0.2) is 55.1 Å². The molecule has 5 nitrogen and oxygen atoms in total. The van der Waals surface area contributed by atoms with Crippen LogP contribution in [0.25, 0.3) is 21.9 Å². The van der Waals surface area contributed by atoms with Crippen molar-refractivity contribution in [3.05, 3.63) is 72.1 Å². The summed E-state index contributed by atoms with van der Waals surface area (Å²) in [7, 11) is 0. The highest BCUT2D eigenvalue weighted by atomic mass is 79.9. The highest BCUT2D eigenvalue weighted by Crippen LogP contribution is 2.16. The van der Waals surface area contributed by atoms with E-state index in [4.69, 9.17) is 4.42 Å². The summed E-state index contributed by atoms with van der Waals surface area (Å²) in [6.07, 6.45) is 3.14. The topological polar surface area (TPSA) is 64.6 Å². The average molecular weight is 375 g/mol. The molecule has 4 rings (SSSR count). The van der Waals surface area contributed by atoms with E-state index in [2.05, 4.69) is 20.9 Å². The van der Waals surface area contributed by atoms with Crippen LogP contribution in [0, 0.1) is 0 Å². The van der Waals surface area contributed by atoms with Crippen molar-refractivity contribution in [1.82, 2.24) is 9.38 Å². The number of fused-ring (bicyclic) bond motifs is 2. The summed E-state index contributed by atoms with van der Waals surface area (Å²) in [5.74, 6) is 0.559. The van der Waals surface area contributed by atoms with E-state index in [1.54, 1.807) is 30.3 Å². The molecule has 0 amide bonds. The van der Waals surface area contributed by atoms with Gasteiger partial charge in [-0.05, 0) is 30.3 Å². The molecular formula is C15H7BrN2O3S. The van der Waals surface area contributed by atoms with Gasteiger partial charge in [0.1, 0.15) is 10.3 Å². The summed E-state index contributed by atoms with van der Waals surface area (Å²) in [5, 5.41) is 0.409. The Morgan fingerprint density at radius 2 is 2.09 bits per heavy atom. The Bertz CT molecular complexity index is 1180. The molecule has 0 aliphatic rings. The number of hydrogen-bond donors (Lipinski definition) is 0. The van der Waals surface area contributed by atoms with Crippen molar-refractivity contribution in [3.8, 4) is 0 Å². The van der Waals surface area contributed by atoms with Crippen molar-refractivity contribution < 1.29 is 4.42 Å². The summed E-state index contributed by atoms with van der Waals surface area (Å²) in [6, 6.07) is 8.71. The first-order valence-electron chi connectivity index (χ1n) is 6.33. The lowest BCUT2D eigenvalue weighted by Gasteiger charge is -1.97. The number of nitrogens with zero attached hydrogens (tertiary/aromatic N) is 2. The fraction of sp³-hybridized carbons (Fsp3) is 0. The molecule has 1 aromatic carbocycles. The summed E-state index contributed by atoms with van der Waals surface area (Å²) in [4.78, 5) is 29.8. The second-order valence-electron chi connectivity index (χ2n) is 4.63. The quantitative estimate of drug-likeness (QED) is 0.512. The third kappa shape index (κ3) is 2.01. The van der Waals surface area contributed by atoms with E-state index < -0.39 is 0 Å². The third-order valence-electron chi connectivity index (χ3n) is 3.23. The first-order valence-corrected chi connectivity index (χ1v) is 7.94. The molecule has 3 heterocycles. The van der Waals surface area contributed by atoms with Gasteiger partial charge in [0.2, 0.25) is 4.96 Å². The minimum absolute atomic E-state index is 0.360. The van der Waals surface area contributed by atoms with Gasteiger partial charge in [0, 0.05) is 10.5 Å². The molecule has 0 saturated heterocycles. The van der Waals surface area contributed by atoms with Gasteiger partial charge in [-0.3, -0.25) is 9.59 Å². The molecule has 0 aliphatic heterocycles. The summed E-state index contributed by atoms with van der Waals surface area (Å²) in [5.41, 5.74) is -0.170. The Balaban J connectivity index is 2.15. The van der Waals surface area contributed by atoms with Gasteiger partial charge in [0.25, 0.3) is 11.1 Å². The predicted octanol–water partition coefficient (Wildman–Crippen LogP) is 2.17. The van der Waals surface area contributed by atoms with Crippen LogP contribution in [0.5, 0.6) is 0 Å². The van der Waals surface area contributed by atoms with Crippen molar-refractivity contribution in [2.75, 3.05) is 0 Å². The molecule has 0 N–H and O–H groups in total. The second-order valence-corrected chi connectivity index (χ2v) is 6.55. The van der Waals surface area contributed by atoms with Crippen molar-refractivity contribution in [1.29, 1.82) is 0 Å². The molecule has 0 bridgehead atoms. The Hall–Kier alpha value is -2.25. The van der Waals surface area contributed by atoms with Crippen molar-refractivity contribution >= 4 is 49.2 Å². The van der Waals surface area contributed by atoms with E-state index in [1.165, 1.54) is 17.6 Å². The highest BCUT2D eigenvalue weighted by Gasteiger charge is 2.12. The maximum Gasteiger partial charge on any atom is 0.277 e. The third-order valence-corrected chi connectivity index (χ3v) is 4.69. The van der Waals surface area contributed by atoms with Gasteiger partial charge in [-0.15, -0.1) is 0 Å². The SMILES string of the molecule is O=c1/c(=C\c2ccco2)sc2nc3ccc(Br)cc3c(=O)n12. The lowest BCUT2D eigenvalue weighted by atomic mass is 10.2. The van der Waals surface area contributed by atoms with Gasteiger partial charge >= 0.3 is 0 Å². The molecule has 108 valence electrons. The van der Waals surface area contributed by atoms with Gasteiger partial charge in [0.05, 0.1) is 17.2 Å². The van der Waals surface area contributed by atoms with Gasteiger partial charge in [0.15, 0.2) is 0 Å². The summed E-state index contributed by atoms with van der Waals surface area (Å²) in [6.45, 7) is 0. The van der Waals surface area contributed by atoms with Crippen LogP contribution in [0.3, 0.4) is 0 Å². The van der Waals surface area contributed by atoms with Gasteiger partial charge in [-0.1, -0.05) is 27.3 Å². The van der Waals surface area contributed by atoms with Crippen LogP contribution in [0.4, 0.5) is 0 Å². The zero-order chi connectivity index (χ0) is 15.3. The monoisotopic (exact) mass is 374 g/mol. The van der Waals surface area contributed by atoms with E-state index in [-0.39, 0.29) is 11.1 Å². The van der Waals surface area contributed by atoms with E-state index in [0.29, 0.717) is 26.2 Å². The van der Waals surface area contributed by atoms with Gasteiger partial charge < -0.3 is 4.42 Å². The van der Waals surface area contributed by atoms with Crippen molar-refractivity contribution in [2.24, 2.45) is 0 Å². The van der Waals surface area contributed by atoms with E-state index >= 15 is 0 Å². The molecule has 4 aromatic rings. The van der Waals surface area contributed by atoms with E-state index in [1.807, 2.05) is 6.07 Å². The second kappa shape index (κ2) is 4.89. The van der Waals surface area contributed by atoms with Crippen LogP contribution in [-0.2, 0) is 0 Å². The normalized spacial score (nSPS) is 12.5. The fourth-order valence-corrected chi connectivity index (χ4v) is 3.54. The largest absolute Gasteiger partial charge is 0.465 e. The summed E-state index contributed by atoms with van der Waals surface area (Å²) < 4.78 is 7.49. The Labute approximate surface area is 135 Å². The smallest absolute Gasteiger partial charge is 0.277 e. The van der Waals surface area contributed by atoms with Crippen molar-refractivity contribution in [2.45, 2.75) is 0 Å². The van der Waals surface area contributed by atoms with Crippen LogP contribution in [0.2, 0.25) is 0 Å². The maximum atomic E-state index is 12.5. The predicted molar refractivity (Wildman–Crippen MR) is 88.3 cm³/mol. The molecule has 0 radical (unpaired) electrons. The van der Waals surface area contributed by atoms with Crippen LogP contribution in [0.1, 0.15) is 5.76 Å². The number of benzene rings is 1. The Morgan fingerprint density at radius 1 is 1.23 bits per heavy atom. The number of aromatic nitrogens is 2. The van der Waals surface area contributed by atoms with Gasteiger partial charge in [-0.2, -0.15) is 0 Å². The standard InChI is InChI=1S/C15H7BrN2O3S/c16-8-3-4-11-10(6-8)13(19)18-14(20)12(22-15(18)17-11)7-9-2-1-5-21-9/h1-7H/b12-7+. The molecule has 0 unspecified atom stereocenters. The minimum atomic E-state index is -0.379. The molecule has 0 saturated carbocycles. The molecule has 7 heteroatoms. The number of furan rings is 1. The molecule has 0 aliphatic carbocycles. The van der Waals surface area contributed by atoms with Crippen LogP contribution in [-0.4, -0.2) is 9.38 Å². The molecule has 22 heavy (non-hydrogen) atoms. The first kappa shape index (κ1) is 13.4. The summed E-state index contributed by atoms with van der Waals surface area (Å²) >= 11 is 4.49. The average Bonchev–Trinajstić information content (AvgIpc) is 3.10. The van der Waals surface area contributed by atoms with Gasteiger partial charge in [-0.25, -0.2) is 9.38 Å². The van der Waals surface area contributed by atoms with Crippen LogP contribution < -0.4 is 15.7 Å². The first-order chi connectivity index (χ1) is 10.6. The maximum absolute atomic E-state index is 12.5. The van der Waals surface area contributed by atoms with E-state index in [9.17, 15) is 9.59 Å². The Kier molecular flexibility index (Phi) is 2.98. The number of halogens is 1. The molecule has 0 spiro atoms. The fourth-order valence-electron chi connectivity index (χ4n) is 2.23. The number of rotatable bonds is 1. The zero-order valence-corrected chi connectivity index (χ0v) is 13.3. The highest BCUT2D eigenvalue weighted by molar-refractivity contribution is 9.10.